The van der Waals surface area contributed by atoms with Crippen molar-refractivity contribution in [2.45, 2.75) is 24.7 Å². The van der Waals surface area contributed by atoms with Gasteiger partial charge in [0.05, 0.1) is 15.9 Å². The summed E-state index contributed by atoms with van der Waals surface area (Å²) in [5.74, 6) is 0. The van der Waals surface area contributed by atoms with Gasteiger partial charge in [-0.1, -0.05) is 13.3 Å². The second kappa shape index (κ2) is 5.65. The molecule has 1 aromatic carbocycles. The highest BCUT2D eigenvalue weighted by molar-refractivity contribution is 7.89. The van der Waals surface area contributed by atoms with Gasteiger partial charge in [-0.25, -0.2) is 17.5 Å². The molecule has 2 aromatic rings. The lowest BCUT2D eigenvalue weighted by Crippen LogP contribution is -2.27. The third-order valence-corrected chi connectivity index (χ3v) is 5.63. The quantitative estimate of drug-likeness (QED) is 0.836. The van der Waals surface area contributed by atoms with Crippen LogP contribution in [0.15, 0.2) is 27.9 Å². The van der Waals surface area contributed by atoms with Gasteiger partial charge in [0.25, 0.3) is 0 Å². The number of imidazole rings is 1. The van der Waals surface area contributed by atoms with Crippen molar-refractivity contribution in [3.63, 3.8) is 0 Å². The van der Waals surface area contributed by atoms with Gasteiger partial charge >= 0.3 is 5.69 Å². The number of benzene rings is 1. The molecular weight excluding hydrogens is 290 g/mol. The maximum Gasteiger partial charge on any atom is 0.328 e. The van der Waals surface area contributed by atoms with E-state index in [4.69, 9.17) is 0 Å². The Kier molecular flexibility index (Phi) is 4.25. The average Bonchev–Trinajstić information content (AvgIpc) is 2.69. The minimum absolute atomic E-state index is 0.168. The lowest BCUT2D eigenvalue weighted by molar-refractivity contribution is 0.459. The summed E-state index contributed by atoms with van der Waals surface area (Å²) >= 11 is 0. The Labute approximate surface area is 124 Å². The first-order valence-electron chi connectivity index (χ1n) is 6.92. The van der Waals surface area contributed by atoms with Crippen molar-refractivity contribution in [2.75, 3.05) is 13.6 Å². The third-order valence-electron chi connectivity index (χ3n) is 3.78. The minimum Gasteiger partial charge on any atom is -0.295 e. The number of rotatable bonds is 5. The zero-order chi connectivity index (χ0) is 15.8. The van der Waals surface area contributed by atoms with Crippen molar-refractivity contribution < 1.29 is 8.42 Å². The molecule has 0 amide bonds. The second-order valence-electron chi connectivity index (χ2n) is 5.23. The lowest BCUT2D eigenvalue weighted by Gasteiger charge is -2.16. The Balaban J connectivity index is 2.53. The second-order valence-corrected chi connectivity index (χ2v) is 7.28. The minimum atomic E-state index is -3.51. The van der Waals surface area contributed by atoms with E-state index < -0.39 is 10.0 Å². The summed E-state index contributed by atoms with van der Waals surface area (Å²) in [6, 6.07) is 4.80. The monoisotopic (exact) mass is 311 g/mol. The van der Waals surface area contributed by atoms with Crippen molar-refractivity contribution in [3.8, 4) is 0 Å². The highest BCUT2D eigenvalue weighted by atomic mass is 32.2. The van der Waals surface area contributed by atoms with Crippen LogP contribution in [0.25, 0.3) is 11.0 Å². The molecule has 7 heteroatoms. The number of aromatic nitrogens is 2. The summed E-state index contributed by atoms with van der Waals surface area (Å²) in [7, 11) is 1.38. The van der Waals surface area contributed by atoms with Crippen molar-refractivity contribution in [1.29, 1.82) is 0 Å². The van der Waals surface area contributed by atoms with Crippen molar-refractivity contribution >= 4 is 21.1 Å². The van der Waals surface area contributed by atoms with E-state index in [-0.39, 0.29) is 10.6 Å². The van der Waals surface area contributed by atoms with Gasteiger partial charge in [0.15, 0.2) is 0 Å². The van der Waals surface area contributed by atoms with Gasteiger partial charge in [-0.3, -0.25) is 9.13 Å². The van der Waals surface area contributed by atoms with E-state index in [0.29, 0.717) is 12.1 Å². The molecular formula is C14H21N3O3S. The van der Waals surface area contributed by atoms with E-state index in [2.05, 4.69) is 0 Å². The molecule has 0 spiro atoms. The predicted octanol–water partition coefficient (Wildman–Crippen LogP) is 1.30. The zero-order valence-corrected chi connectivity index (χ0v) is 13.6. The van der Waals surface area contributed by atoms with E-state index in [1.165, 1.54) is 13.4 Å². The van der Waals surface area contributed by atoms with Crippen LogP contribution >= 0.6 is 0 Å². The number of unbranched alkanes of at least 4 members (excludes halogenated alkanes) is 1. The molecule has 0 saturated carbocycles. The van der Waals surface area contributed by atoms with Crippen LogP contribution in [0.1, 0.15) is 19.8 Å². The molecule has 1 heterocycles. The molecule has 0 aliphatic heterocycles. The number of nitrogens with zero attached hydrogens (tertiary/aromatic N) is 3. The van der Waals surface area contributed by atoms with Crippen LogP contribution in [0.2, 0.25) is 0 Å². The fourth-order valence-electron chi connectivity index (χ4n) is 2.33. The smallest absolute Gasteiger partial charge is 0.295 e. The van der Waals surface area contributed by atoms with Gasteiger partial charge in [-0.2, -0.15) is 0 Å². The van der Waals surface area contributed by atoms with E-state index in [9.17, 15) is 13.2 Å². The van der Waals surface area contributed by atoms with Gasteiger partial charge in [-0.05, 0) is 24.6 Å². The Morgan fingerprint density at radius 1 is 1.14 bits per heavy atom. The summed E-state index contributed by atoms with van der Waals surface area (Å²) < 4.78 is 29.4. The Morgan fingerprint density at radius 2 is 1.76 bits per heavy atom. The number of aryl methyl sites for hydroxylation is 2. The van der Waals surface area contributed by atoms with Gasteiger partial charge in [0.2, 0.25) is 10.0 Å². The highest BCUT2D eigenvalue weighted by Gasteiger charge is 2.21. The maximum absolute atomic E-state index is 12.5. The molecule has 0 aliphatic rings. The van der Waals surface area contributed by atoms with Crippen molar-refractivity contribution in [3.05, 3.63) is 28.7 Å². The Morgan fingerprint density at radius 3 is 2.38 bits per heavy atom. The van der Waals surface area contributed by atoms with Crippen molar-refractivity contribution in [2.24, 2.45) is 14.1 Å². The predicted molar refractivity (Wildman–Crippen MR) is 82.9 cm³/mol. The highest BCUT2D eigenvalue weighted by Crippen LogP contribution is 2.20. The van der Waals surface area contributed by atoms with Gasteiger partial charge in [-0.15, -0.1) is 0 Å². The molecule has 0 atom stereocenters. The van der Waals surface area contributed by atoms with Crippen LogP contribution in [0.4, 0.5) is 0 Å². The topological polar surface area (TPSA) is 64.3 Å². The summed E-state index contributed by atoms with van der Waals surface area (Å²) in [6.07, 6.45) is 1.76. The molecule has 0 bridgehead atoms. The van der Waals surface area contributed by atoms with Crippen LogP contribution in [0, 0.1) is 0 Å². The number of fused-ring (bicyclic) bond motifs is 1. The SMILES string of the molecule is CCCCN(C)S(=O)(=O)c1ccc2c(c1)n(C)c(=O)n2C. The average molecular weight is 311 g/mol. The number of hydrogen-bond donors (Lipinski definition) is 0. The van der Waals surface area contributed by atoms with Gasteiger partial charge in [0.1, 0.15) is 0 Å². The molecule has 1 aromatic heterocycles. The van der Waals surface area contributed by atoms with Gasteiger partial charge in [0, 0.05) is 27.7 Å². The summed E-state index contributed by atoms with van der Waals surface area (Å²) in [5.41, 5.74) is 1.17. The van der Waals surface area contributed by atoms with Crippen LogP contribution in [0.3, 0.4) is 0 Å². The first kappa shape index (κ1) is 15.8. The first-order valence-corrected chi connectivity index (χ1v) is 8.36. The fourth-order valence-corrected chi connectivity index (χ4v) is 3.56. The van der Waals surface area contributed by atoms with E-state index in [1.54, 1.807) is 39.3 Å². The standard InChI is InChI=1S/C14H21N3O3S/c1-5-6-9-15(2)21(19,20)11-7-8-12-13(10-11)17(4)14(18)16(12)3/h7-8,10H,5-6,9H2,1-4H3. The largest absolute Gasteiger partial charge is 0.328 e. The van der Waals surface area contributed by atoms with E-state index in [0.717, 1.165) is 18.4 Å². The van der Waals surface area contributed by atoms with Crippen LogP contribution in [-0.2, 0) is 24.1 Å². The van der Waals surface area contributed by atoms with Crippen LogP contribution < -0.4 is 5.69 Å². The molecule has 0 radical (unpaired) electrons. The summed E-state index contributed by atoms with van der Waals surface area (Å²) in [5, 5.41) is 0. The third kappa shape index (κ3) is 2.63. The molecule has 2 rings (SSSR count). The molecule has 0 N–H and O–H groups in total. The molecule has 0 fully saturated rings. The molecule has 6 nitrogen and oxygen atoms in total. The number of hydrogen-bond acceptors (Lipinski definition) is 3. The summed E-state index contributed by atoms with van der Waals surface area (Å²) in [6.45, 7) is 2.51. The summed E-state index contributed by atoms with van der Waals surface area (Å²) in [4.78, 5) is 12.1. The Hall–Kier alpha value is -1.60. The van der Waals surface area contributed by atoms with Crippen LogP contribution in [-0.4, -0.2) is 35.4 Å². The first-order chi connectivity index (χ1) is 9.80. The lowest BCUT2D eigenvalue weighted by atomic mass is 10.3. The molecule has 0 saturated heterocycles. The zero-order valence-electron chi connectivity index (χ0n) is 12.8. The fraction of sp³-hybridized carbons (Fsp3) is 0.500. The Bertz CT molecular complexity index is 818. The van der Waals surface area contributed by atoms with E-state index >= 15 is 0 Å². The van der Waals surface area contributed by atoms with Gasteiger partial charge < -0.3 is 0 Å². The van der Waals surface area contributed by atoms with E-state index in [1.807, 2.05) is 6.92 Å². The number of sulfonamides is 1. The normalized spacial score (nSPS) is 12.4. The molecule has 0 unspecified atom stereocenters. The van der Waals surface area contributed by atoms with Crippen LogP contribution in [0.5, 0.6) is 0 Å². The molecule has 116 valence electrons. The molecule has 0 aliphatic carbocycles. The maximum atomic E-state index is 12.5. The molecule has 21 heavy (non-hydrogen) atoms. The van der Waals surface area contributed by atoms with Crippen molar-refractivity contribution in [1.82, 2.24) is 13.4 Å².